The number of hydrazine groups is 1. The summed E-state index contributed by atoms with van der Waals surface area (Å²) in [5.74, 6) is 3.69. The summed E-state index contributed by atoms with van der Waals surface area (Å²) in [5.41, 5.74) is 2.13. The van der Waals surface area contributed by atoms with Gasteiger partial charge in [0.25, 0.3) is 0 Å². The number of nitrogens with zero attached hydrogens (tertiary/aromatic N) is 3. The van der Waals surface area contributed by atoms with Gasteiger partial charge in [0.05, 0.1) is 0 Å². The Balaban J connectivity index is 2.28. The molecule has 1 aliphatic rings. The quantitative estimate of drug-likeness (QED) is 0.606. The van der Waals surface area contributed by atoms with E-state index >= 15 is 0 Å². The number of nitrogens with two attached hydrogens (primary N) is 1. The van der Waals surface area contributed by atoms with Crippen molar-refractivity contribution in [2.75, 3.05) is 37.0 Å². The number of aromatic nitrogens is 1. The van der Waals surface area contributed by atoms with Gasteiger partial charge in [-0.15, -0.1) is 0 Å². The van der Waals surface area contributed by atoms with Gasteiger partial charge in [-0.25, -0.2) is 19.6 Å². The molecule has 1 fully saturated rings. The molecule has 1 aliphatic heterocycles. The highest BCUT2D eigenvalue weighted by molar-refractivity contribution is 5.49. The summed E-state index contributed by atoms with van der Waals surface area (Å²) >= 11 is 0. The number of hydrogen-bond donors (Lipinski definition) is 2. The summed E-state index contributed by atoms with van der Waals surface area (Å²) in [5, 5.41) is 0. The number of nitrogen functional groups attached to an aromatic ring is 1. The van der Waals surface area contributed by atoms with Gasteiger partial charge in [0.15, 0.2) is 23.3 Å². The molecule has 1 aromatic heterocycles. The second-order valence-electron chi connectivity index (χ2n) is 4.54. The SMILES string of the molecule is CC1CN(c2nc(NN)c(F)cc2F)CCN1C. The number of hydrogen-bond acceptors (Lipinski definition) is 5. The van der Waals surface area contributed by atoms with E-state index in [4.69, 9.17) is 5.84 Å². The number of piperazine rings is 1. The first kappa shape index (κ1) is 13.0. The molecule has 1 saturated heterocycles. The maximum Gasteiger partial charge on any atom is 0.178 e. The van der Waals surface area contributed by atoms with E-state index in [9.17, 15) is 8.78 Å². The molecule has 1 aromatic rings. The Morgan fingerprint density at radius 2 is 2.11 bits per heavy atom. The molecule has 0 spiro atoms. The van der Waals surface area contributed by atoms with Crippen LogP contribution in [0.1, 0.15) is 6.92 Å². The van der Waals surface area contributed by atoms with Crippen LogP contribution in [-0.4, -0.2) is 42.6 Å². The molecule has 0 radical (unpaired) electrons. The van der Waals surface area contributed by atoms with Crippen molar-refractivity contribution in [2.45, 2.75) is 13.0 Å². The summed E-state index contributed by atoms with van der Waals surface area (Å²) in [7, 11) is 2.02. The molecule has 0 aliphatic carbocycles. The lowest BCUT2D eigenvalue weighted by Gasteiger charge is -2.38. The maximum atomic E-state index is 13.7. The minimum Gasteiger partial charge on any atom is -0.351 e. The third kappa shape index (κ3) is 2.37. The van der Waals surface area contributed by atoms with Gasteiger partial charge in [-0.1, -0.05) is 0 Å². The zero-order chi connectivity index (χ0) is 13.3. The number of nitrogens with one attached hydrogen (secondary N) is 1. The first-order valence-electron chi connectivity index (χ1n) is 5.80. The van der Waals surface area contributed by atoms with Crippen molar-refractivity contribution in [3.05, 3.63) is 17.7 Å². The van der Waals surface area contributed by atoms with E-state index in [1.807, 2.05) is 7.05 Å². The van der Waals surface area contributed by atoms with E-state index in [0.717, 1.165) is 12.6 Å². The van der Waals surface area contributed by atoms with Crippen LogP contribution < -0.4 is 16.2 Å². The van der Waals surface area contributed by atoms with Crippen molar-refractivity contribution in [2.24, 2.45) is 5.84 Å². The van der Waals surface area contributed by atoms with Gasteiger partial charge in [0.2, 0.25) is 0 Å². The van der Waals surface area contributed by atoms with Crippen LogP contribution in [0.15, 0.2) is 6.07 Å². The molecular formula is C11H17F2N5. The fourth-order valence-corrected chi connectivity index (χ4v) is 2.02. The first-order valence-corrected chi connectivity index (χ1v) is 5.80. The van der Waals surface area contributed by atoms with Gasteiger partial charge in [-0.3, -0.25) is 0 Å². The summed E-state index contributed by atoms with van der Waals surface area (Å²) in [6.07, 6.45) is 0. The molecule has 1 unspecified atom stereocenters. The molecule has 18 heavy (non-hydrogen) atoms. The monoisotopic (exact) mass is 257 g/mol. The van der Waals surface area contributed by atoms with E-state index in [1.165, 1.54) is 0 Å². The molecule has 0 amide bonds. The molecule has 0 bridgehead atoms. The number of halogens is 2. The summed E-state index contributed by atoms with van der Waals surface area (Å²) in [6, 6.07) is 1.10. The molecule has 1 atom stereocenters. The Morgan fingerprint density at radius 1 is 1.39 bits per heavy atom. The number of anilines is 2. The van der Waals surface area contributed by atoms with Crippen LogP contribution in [0.2, 0.25) is 0 Å². The molecular weight excluding hydrogens is 240 g/mol. The molecule has 2 rings (SSSR count). The average molecular weight is 257 g/mol. The lowest BCUT2D eigenvalue weighted by Crippen LogP contribution is -2.50. The minimum absolute atomic E-state index is 0.141. The lowest BCUT2D eigenvalue weighted by atomic mass is 10.2. The van der Waals surface area contributed by atoms with Crippen LogP contribution in [0.5, 0.6) is 0 Å². The molecule has 100 valence electrons. The number of pyridine rings is 1. The Hall–Kier alpha value is -1.47. The molecule has 5 nitrogen and oxygen atoms in total. The summed E-state index contributed by atoms with van der Waals surface area (Å²) < 4.78 is 27.0. The van der Waals surface area contributed by atoms with Crippen LogP contribution >= 0.6 is 0 Å². The van der Waals surface area contributed by atoms with Crippen LogP contribution in [0.4, 0.5) is 20.4 Å². The normalized spacial score (nSPS) is 21.2. The Bertz CT molecular complexity index is 440. The number of likely N-dealkylation sites (N-methyl/N-ethyl adjacent to an activating group) is 1. The molecule has 7 heteroatoms. The van der Waals surface area contributed by atoms with E-state index in [-0.39, 0.29) is 11.6 Å². The Labute approximate surface area is 105 Å². The highest BCUT2D eigenvalue weighted by atomic mass is 19.1. The Kier molecular flexibility index (Phi) is 3.63. The molecule has 2 heterocycles. The van der Waals surface area contributed by atoms with Crippen LogP contribution in [-0.2, 0) is 0 Å². The smallest absolute Gasteiger partial charge is 0.178 e. The van der Waals surface area contributed by atoms with Crippen molar-refractivity contribution < 1.29 is 8.78 Å². The van der Waals surface area contributed by atoms with Gasteiger partial charge < -0.3 is 15.2 Å². The van der Waals surface area contributed by atoms with Crippen LogP contribution in [0.3, 0.4) is 0 Å². The predicted molar refractivity (Wildman–Crippen MR) is 66.3 cm³/mol. The van der Waals surface area contributed by atoms with Crippen molar-refractivity contribution in [3.8, 4) is 0 Å². The van der Waals surface area contributed by atoms with Crippen molar-refractivity contribution in [1.29, 1.82) is 0 Å². The van der Waals surface area contributed by atoms with Crippen LogP contribution in [0, 0.1) is 11.6 Å². The number of rotatable bonds is 2. The van der Waals surface area contributed by atoms with Gasteiger partial charge in [0.1, 0.15) is 0 Å². The van der Waals surface area contributed by atoms with Crippen molar-refractivity contribution in [1.82, 2.24) is 9.88 Å². The topological polar surface area (TPSA) is 57.4 Å². The minimum atomic E-state index is -0.791. The van der Waals surface area contributed by atoms with Gasteiger partial charge in [-0.05, 0) is 14.0 Å². The second-order valence-corrected chi connectivity index (χ2v) is 4.54. The zero-order valence-corrected chi connectivity index (χ0v) is 10.5. The first-order chi connectivity index (χ1) is 8.52. The van der Waals surface area contributed by atoms with E-state index in [1.54, 1.807) is 4.90 Å². The fraction of sp³-hybridized carbons (Fsp3) is 0.545. The largest absolute Gasteiger partial charge is 0.351 e. The standard InChI is InChI=1S/C11H17F2N5/c1-7-6-18(4-3-17(7)2)11-9(13)5-8(12)10(15-11)16-14/h5,7H,3-4,6,14H2,1-2H3,(H,15,16). The molecule has 0 aromatic carbocycles. The van der Waals surface area contributed by atoms with E-state index < -0.39 is 11.6 Å². The highest BCUT2D eigenvalue weighted by Gasteiger charge is 2.24. The highest BCUT2D eigenvalue weighted by Crippen LogP contribution is 2.23. The average Bonchev–Trinajstić information content (AvgIpc) is 2.33. The zero-order valence-electron chi connectivity index (χ0n) is 10.5. The van der Waals surface area contributed by atoms with Crippen molar-refractivity contribution in [3.63, 3.8) is 0 Å². The predicted octanol–water partition coefficient (Wildman–Crippen LogP) is 0.786. The van der Waals surface area contributed by atoms with E-state index in [2.05, 4.69) is 22.2 Å². The third-order valence-corrected chi connectivity index (χ3v) is 3.31. The van der Waals surface area contributed by atoms with Gasteiger partial charge in [0, 0.05) is 31.7 Å². The van der Waals surface area contributed by atoms with Crippen LogP contribution in [0.25, 0.3) is 0 Å². The molecule has 0 saturated carbocycles. The summed E-state index contributed by atoms with van der Waals surface area (Å²) in [4.78, 5) is 7.88. The van der Waals surface area contributed by atoms with Gasteiger partial charge in [-0.2, -0.15) is 0 Å². The Morgan fingerprint density at radius 3 is 2.72 bits per heavy atom. The van der Waals surface area contributed by atoms with Crippen molar-refractivity contribution >= 4 is 11.6 Å². The molecule has 3 N–H and O–H groups in total. The van der Waals surface area contributed by atoms with E-state index in [0.29, 0.717) is 19.1 Å². The maximum absolute atomic E-state index is 13.7. The van der Waals surface area contributed by atoms with Gasteiger partial charge >= 0.3 is 0 Å². The lowest BCUT2D eigenvalue weighted by molar-refractivity contribution is 0.232. The fourth-order valence-electron chi connectivity index (χ4n) is 2.02. The second kappa shape index (κ2) is 5.03. The summed E-state index contributed by atoms with van der Waals surface area (Å²) in [6.45, 7) is 4.16. The third-order valence-electron chi connectivity index (χ3n) is 3.31.